The molecule has 2 atom stereocenters. The van der Waals surface area contributed by atoms with Gasteiger partial charge in [0.05, 0.1) is 0 Å². The van der Waals surface area contributed by atoms with Gasteiger partial charge in [-0.05, 0) is 0 Å². The summed E-state index contributed by atoms with van der Waals surface area (Å²) < 4.78 is 0. The maximum absolute atomic E-state index is 5.54. The molecule has 0 spiro atoms. The Kier molecular flexibility index (Phi) is 8.42. The Morgan fingerprint density at radius 2 is 2.06 bits per heavy atom. The van der Waals surface area contributed by atoms with Gasteiger partial charge in [0.15, 0.2) is 0 Å². The van der Waals surface area contributed by atoms with Crippen molar-refractivity contribution in [1.82, 2.24) is 5.32 Å². The first-order valence-corrected chi connectivity index (χ1v) is 6.35. The molecule has 0 amide bonds. The van der Waals surface area contributed by atoms with E-state index in [4.69, 9.17) is 5.73 Å². The Labute approximate surface area is 107 Å². The predicted octanol–water partition coefficient (Wildman–Crippen LogP) is 2.13. The van der Waals surface area contributed by atoms with Crippen molar-refractivity contribution in [3.63, 3.8) is 0 Å². The van der Waals surface area contributed by atoms with Crippen LogP contribution in [-0.4, -0.2) is 25.0 Å². The largest absolute Gasteiger partial charge is 0.0683 e. The van der Waals surface area contributed by atoms with Gasteiger partial charge in [-0.15, -0.1) is 0 Å². The summed E-state index contributed by atoms with van der Waals surface area (Å²) in [6, 6.07) is 0.298. The molecule has 0 radical (unpaired) electrons. The summed E-state index contributed by atoms with van der Waals surface area (Å²) in [4.78, 5) is 0. The molecule has 0 aromatic heterocycles. The van der Waals surface area contributed by atoms with Gasteiger partial charge in [0.25, 0.3) is 0 Å². The zero-order valence-electron chi connectivity index (χ0n) is 11.4. The van der Waals surface area contributed by atoms with Crippen LogP contribution in [0.3, 0.4) is 0 Å². The number of rotatable bonds is 4. The first-order valence-electron chi connectivity index (χ1n) is 6.35. The molecule has 3 N–H and O–H groups in total. The maximum atomic E-state index is 5.54. The molecule has 1 fully saturated rings. The van der Waals surface area contributed by atoms with Crippen LogP contribution in [0.25, 0.3) is 0 Å². The molecule has 1 aliphatic heterocycles. The molecule has 1 aliphatic rings. The Balaban J connectivity index is 0.00000121. The number of hydrogen-bond acceptors (Lipinski definition) is 2. The Morgan fingerprint density at radius 1 is 1.41 bits per heavy atom. The van der Waals surface area contributed by atoms with E-state index in [1.54, 1.807) is 0 Å². The summed E-state index contributed by atoms with van der Waals surface area (Å²) in [6.45, 7) is 16.4. The monoisotopic (exact) mass is 232 g/mol. The van der Waals surface area contributed by atoms with Gasteiger partial charge in [0.1, 0.15) is 0 Å². The molecule has 0 bridgehead atoms. The summed E-state index contributed by atoms with van der Waals surface area (Å²) in [6.07, 6.45) is 6.90. The summed E-state index contributed by atoms with van der Waals surface area (Å²) in [5.41, 5.74) is 8.02. The van der Waals surface area contributed by atoms with Crippen molar-refractivity contribution in [2.24, 2.45) is 11.7 Å². The van der Waals surface area contributed by atoms with Gasteiger partial charge in [0, 0.05) is 0 Å². The molecule has 2 unspecified atom stereocenters. The first kappa shape index (κ1) is 15.9. The minimum absolute atomic E-state index is 0.298. The molecule has 0 aromatic rings. The Bertz CT molecular complexity index is 305. The van der Waals surface area contributed by atoms with Crippen LogP contribution in [0.2, 0.25) is 6.82 Å². The minimum atomic E-state index is 0.298. The van der Waals surface area contributed by atoms with E-state index in [1.165, 1.54) is 5.46 Å². The van der Waals surface area contributed by atoms with Crippen molar-refractivity contribution in [1.29, 1.82) is 0 Å². The van der Waals surface area contributed by atoms with Crippen LogP contribution in [0.4, 0.5) is 0 Å². The van der Waals surface area contributed by atoms with Gasteiger partial charge >= 0.3 is 92.3 Å². The van der Waals surface area contributed by atoms with E-state index in [1.807, 2.05) is 32.1 Å². The van der Waals surface area contributed by atoms with E-state index in [2.05, 4.69) is 32.2 Å². The van der Waals surface area contributed by atoms with Gasteiger partial charge in [-0.2, -0.15) is 0 Å². The molecule has 2 nitrogen and oxygen atoms in total. The second-order valence-corrected chi connectivity index (χ2v) is 3.63. The van der Waals surface area contributed by atoms with Crippen LogP contribution in [0, 0.1) is 5.92 Å². The van der Waals surface area contributed by atoms with Gasteiger partial charge in [-0.1, -0.05) is 13.8 Å². The average Bonchev–Trinajstić information content (AvgIpc) is 2.70. The van der Waals surface area contributed by atoms with E-state index >= 15 is 0 Å². The molecule has 0 aromatic carbocycles. The van der Waals surface area contributed by atoms with Crippen molar-refractivity contribution < 1.29 is 0 Å². The van der Waals surface area contributed by atoms with E-state index in [-0.39, 0.29) is 0 Å². The van der Waals surface area contributed by atoms with Gasteiger partial charge < -0.3 is 0 Å². The Hall–Kier alpha value is -1.09. The Morgan fingerprint density at radius 3 is 2.47 bits per heavy atom. The van der Waals surface area contributed by atoms with Crippen molar-refractivity contribution in [2.45, 2.75) is 33.1 Å². The molecular weight excluding hydrogens is 207 g/mol. The second-order valence-electron chi connectivity index (χ2n) is 3.63. The minimum Gasteiger partial charge on any atom is -0.0683 e. The average molecular weight is 232 g/mol. The summed E-state index contributed by atoms with van der Waals surface area (Å²) in [7, 11) is 0. The molecule has 3 heteroatoms. The van der Waals surface area contributed by atoms with Crippen molar-refractivity contribution in [2.75, 3.05) is 6.54 Å². The third kappa shape index (κ3) is 4.01. The van der Waals surface area contributed by atoms with Crippen molar-refractivity contribution in [3.05, 3.63) is 37.1 Å². The van der Waals surface area contributed by atoms with E-state index in [0.29, 0.717) is 18.5 Å². The van der Waals surface area contributed by atoms with Gasteiger partial charge in [-0.25, -0.2) is 0 Å². The van der Waals surface area contributed by atoms with Crippen LogP contribution in [0.15, 0.2) is 37.1 Å². The molecule has 17 heavy (non-hydrogen) atoms. The van der Waals surface area contributed by atoms with Crippen LogP contribution in [0.5, 0.6) is 0 Å². The second kappa shape index (κ2) is 9.00. The smallest absolute Gasteiger partial charge is 0.0683 e. The zero-order valence-corrected chi connectivity index (χ0v) is 11.4. The van der Waals surface area contributed by atoms with E-state index < -0.39 is 0 Å². The maximum Gasteiger partial charge on any atom is -0.0683 e. The van der Waals surface area contributed by atoms with Crippen LogP contribution in [-0.2, 0) is 0 Å². The number of allylic oxidation sites excluding steroid dienone is 2. The van der Waals surface area contributed by atoms with E-state index in [9.17, 15) is 0 Å². The topological polar surface area (TPSA) is 38.0 Å². The van der Waals surface area contributed by atoms with Gasteiger partial charge in [0.2, 0.25) is 0 Å². The van der Waals surface area contributed by atoms with Crippen LogP contribution >= 0.6 is 0 Å². The summed E-state index contributed by atoms with van der Waals surface area (Å²) >= 11 is 0. The molecule has 0 saturated carbocycles. The number of hydrogen-bond donors (Lipinski definition) is 2. The van der Waals surface area contributed by atoms with Crippen molar-refractivity contribution >= 4 is 12.4 Å². The molecule has 0 aliphatic carbocycles. The molecule has 1 saturated heterocycles. The molecule has 94 valence electrons. The molecule has 1 heterocycles. The van der Waals surface area contributed by atoms with Crippen molar-refractivity contribution in [3.8, 4) is 0 Å². The normalized spacial score (nSPS) is 26.8. The summed E-state index contributed by atoms with van der Waals surface area (Å²) in [5.74, 6) is 0.447. The number of nitrogens with two attached hydrogens (primary N) is 1. The molecular formula is C14H25BN2. The first-order chi connectivity index (χ1) is 8.28. The number of nitrogens with one attached hydrogen (secondary N) is 1. The molecule has 1 rings (SSSR count). The predicted molar refractivity (Wildman–Crippen MR) is 80.5 cm³/mol. The summed E-state index contributed by atoms with van der Waals surface area (Å²) in [5, 5.41) is 3.42. The fourth-order valence-corrected chi connectivity index (χ4v) is 2.10. The SMILES string of the molecule is C=CCC1C(=BC)C(=CCN)NC1C=C.CC. The quantitative estimate of drug-likeness (QED) is 0.575. The fraction of sp³-hybridized carbons (Fsp3) is 0.500. The third-order valence-corrected chi connectivity index (χ3v) is 2.77. The van der Waals surface area contributed by atoms with E-state index in [0.717, 1.165) is 12.1 Å². The van der Waals surface area contributed by atoms with Crippen LogP contribution in [0.1, 0.15) is 20.3 Å². The standard InChI is InChI=1S/C12H19BN2.C2H6/c1-4-6-9-10(5-2)15-11(7-8-14)12(9)13-3;1-2/h4-5,7,9-10,15H,1-2,6,8,14H2,3H3;1-2H3. The van der Waals surface area contributed by atoms with Crippen LogP contribution < -0.4 is 11.1 Å². The third-order valence-electron chi connectivity index (χ3n) is 2.77. The fourth-order valence-electron chi connectivity index (χ4n) is 2.10. The van der Waals surface area contributed by atoms with Gasteiger partial charge in [-0.3, -0.25) is 0 Å². The zero-order chi connectivity index (χ0) is 13.3.